The summed E-state index contributed by atoms with van der Waals surface area (Å²) in [7, 11) is 0. The standard InChI is InChI=1S/C22H26FN3/c1-16(12-22(24)9-5-17-3-7-21(23)8-4-17)26-14-18-2-6-20-15-25-11-10-19(20)13-18/h2-4,6-8,10-11,13,15-16,22,26H,5,9,12,14,24H2,1H3/t16-,22?/m1/s1. The van der Waals surface area contributed by atoms with Gasteiger partial charge in [0, 0.05) is 36.4 Å². The van der Waals surface area contributed by atoms with E-state index < -0.39 is 0 Å². The highest BCUT2D eigenvalue weighted by Crippen LogP contribution is 2.15. The molecule has 2 atom stereocenters. The second-order valence-electron chi connectivity index (χ2n) is 7.00. The van der Waals surface area contributed by atoms with Crippen molar-refractivity contribution in [2.45, 2.75) is 44.8 Å². The van der Waals surface area contributed by atoms with Gasteiger partial charge in [-0.15, -0.1) is 0 Å². The summed E-state index contributed by atoms with van der Waals surface area (Å²) in [6, 6.07) is 15.6. The Morgan fingerprint density at radius 2 is 1.81 bits per heavy atom. The molecule has 0 saturated carbocycles. The van der Waals surface area contributed by atoms with E-state index in [-0.39, 0.29) is 11.9 Å². The number of nitrogens with two attached hydrogens (primary N) is 1. The molecule has 0 radical (unpaired) electrons. The molecule has 0 aliphatic heterocycles. The molecule has 0 bridgehead atoms. The Hall–Kier alpha value is -2.30. The first-order chi connectivity index (χ1) is 12.6. The Balaban J connectivity index is 1.43. The van der Waals surface area contributed by atoms with Gasteiger partial charge in [-0.05, 0) is 67.0 Å². The van der Waals surface area contributed by atoms with Gasteiger partial charge in [0.05, 0.1) is 0 Å². The van der Waals surface area contributed by atoms with Crippen LogP contribution in [0.5, 0.6) is 0 Å². The summed E-state index contributed by atoms with van der Waals surface area (Å²) >= 11 is 0. The number of hydrogen-bond acceptors (Lipinski definition) is 3. The fourth-order valence-electron chi connectivity index (χ4n) is 3.19. The van der Waals surface area contributed by atoms with Crippen LogP contribution in [-0.4, -0.2) is 17.1 Å². The SMILES string of the molecule is C[C@H](CC(N)CCc1ccc(F)cc1)NCc1ccc2cnccc2c1. The van der Waals surface area contributed by atoms with Crippen LogP contribution in [0.4, 0.5) is 4.39 Å². The number of fused-ring (bicyclic) bond motifs is 1. The lowest BCUT2D eigenvalue weighted by Crippen LogP contribution is -2.33. The zero-order valence-electron chi connectivity index (χ0n) is 15.2. The first-order valence-corrected chi connectivity index (χ1v) is 9.16. The molecule has 2 aromatic carbocycles. The average molecular weight is 351 g/mol. The summed E-state index contributed by atoms with van der Waals surface area (Å²) in [5.41, 5.74) is 8.67. The number of aromatic nitrogens is 1. The van der Waals surface area contributed by atoms with Gasteiger partial charge in [-0.2, -0.15) is 0 Å². The van der Waals surface area contributed by atoms with Gasteiger partial charge in [0.2, 0.25) is 0 Å². The van der Waals surface area contributed by atoms with Gasteiger partial charge >= 0.3 is 0 Å². The van der Waals surface area contributed by atoms with E-state index in [1.54, 1.807) is 0 Å². The number of benzene rings is 2. The molecule has 0 saturated heterocycles. The lowest BCUT2D eigenvalue weighted by Gasteiger charge is -2.19. The summed E-state index contributed by atoms with van der Waals surface area (Å²) < 4.78 is 12.9. The van der Waals surface area contributed by atoms with Crippen LogP contribution >= 0.6 is 0 Å². The minimum absolute atomic E-state index is 0.130. The zero-order chi connectivity index (χ0) is 18.4. The molecule has 1 unspecified atom stereocenters. The smallest absolute Gasteiger partial charge is 0.123 e. The van der Waals surface area contributed by atoms with Crippen LogP contribution in [0.25, 0.3) is 10.8 Å². The summed E-state index contributed by atoms with van der Waals surface area (Å²) in [6.45, 7) is 2.99. The molecule has 136 valence electrons. The van der Waals surface area contributed by atoms with Gasteiger partial charge in [0.1, 0.15) is 5.82 Å². The maximum Gasteiger partial charge on any atom is 0.123 e. The number of aryl methyl sites for hydroxylation is 1. The van der Waals surface area contributed by atoms with Gasteiger partial charge in [-0.1, -0.05) is 24.3 Å². The number of rotatable bonds is 8. The van der Waals surface area contributed by atoms with E-state index in [1.807, 2.05) is 30.6 Å². The molecule has 3 nitrogen and oxygen atoms in total. The topological polar surface area (TPSA) is 50.9 Å². The molecule has 0 fully saturated rings. The largest absolute Gasteiger partial charge is 0.328 e. The van der Waals surface area contributed by atoms with Gasteiger partial charge in [-0.25, -0.2) is 4.39 Å². The number of halogens is 1. The van der Waals surface area contributed by atoms with Crippen LogP contribution in [0.2, 0.25) is 0 Å². The molecule has 0 spiro atoms. The van der Waals surface area contributed by atoms with Crippen molar-refractivity contribution < 1.29 is 4.39 Å². The van der Waals surface area contributed by atoms with E-state index >= 15 is 0 Å². The van der Waals surface area contributed by atoms with Crippen molar-refractivity contribution >= 4 is 10.8 Å². The molecule has 0 aliphatic carbocycles. The highest BCUT2D eigenvalue weighted by atomic mass is 19.1. The highest BCUT2D eigenvalue weighted by Gasteiger charge is 2.09. The fourth-order valence-corrected chi connectivity index (χ4v) is 3.19. The van der Waals surface area contributed by atoms with Gasteiger partial charge < -0.3 is 11.1 Å². The Labute approximate surface area is 154 Å². The first kappa shape index (κ1) is 18.5. The van der Waals surface area contributed by atoms with E-state index in [0.29, 0.717) is 6.04 Å². The van der Waals surface area contributed by atoms with Gasteiger partial charge in [0.25, 0.3) is 0 Å². The third-order valence-corrected chi connectivity index (χ3v) is 4.73. The van der Waals surface area contributed by atoms with Crippen molar-refractivity contribution in [3.63, 3.8) is 0 Å². The summed E-state index contributed by atoms with van der Waals surface area (Å²) in [5, 5.41) is 5.93. The van der Waals surface area contributed by atoms with E-state index in [9.17, 15) is 4.39 Å². The minimum atomic E-state index is -0.194. The Kier molecular flexibility index (Phi) is 6.31. The molecule has 0 aliphatic rings. The molecule has 1 aromatic heterocycles. The number of nitrogens with one attached hydrogen (secondary N) is 1. The lowest BCUT2D eigenvalue weighted by atomic mass is 10.0. The lowest BCUT2D eigenvalue weighted by molar-refractivity contribution is 0.447. The maximum absolute atomic E-state index is 12.9. The molecular formula is C22H26FN3. The number of hydrogen-bond donors (Lipinski definition) is 2. The Morgan fingerprint density at radius 1 is 1.04 bits per heavy atom. The van der Waals surface area contributed by atoms with Gasteiger partial charge in [-0.3, -0.25) is 4.98 Å². The predicted octanol–water partition coefficient (Wildman–Crippen LogP) is 4.20. The van der Waals surface area contributed by atoms with Crippen LogP contribution in [-0.2, 0) is 13.0 Å². The molecule has 26 heavy (non-hydrogen) atoms. The van der Waals surface area contributed by atoms with Crippen molar-refractivity contribution in [1.82, 2.24) is 10.3 Å². The Bertz CT molecular complexity index is 832. The molecule has 4 heteroatoms. The quantitative estimate of drug-likeness (QED) is 0.639. The van der Waals surface area contributed by atoms with Crippen LogP contribution in [0.1, 0.15) is 30.9 Å². The van der Waals surface area contributed by atoms with Crippen LogP contribution in [0, 0.1) is 5.82 Å². The molecule has 1 heterocycles. The van der Waals surface area contributed by atoms with Crippen molar-refractivity contribution in [2.75, 3.05) is 0 Å². The normalized spacial score (nSPS) is 13.7. The van der Waals surface area contributed by atoms with Crippen molar-refractivity contribution in [2.24, 2.45) is 5.73 Å². The van der Waals surface area contributed by atoms with Crippen molar-refractivity contribution in [1.29, 1.82) is 0 Å². The Morgan fingerprint density at radius 3 is 2.62 bits per heavy atom. The van der Waals surface area contributed by atoms with Gasteiger partial charge in [0.15, 0.2) is 0 Å². The third kappa shape index (κ3) is 5.35. The maximum atomic E-state index is 12.9. The van der Waals surface area contributed by atoms with Crippen LogP contribution < -0.4 is 11.1 Å². The third-order valence-electron chi connectivity index (χ3n) is 4.73. The molecule has 0 amide bonds. The summed E-state index contributed by atoms with van der Waals surface area (Å²) in [4.78, 5) is 4.14. The van der Waals surface area contributed by atoms with E-state index in [0.717, 1.165) is 36.8 Å². The summed E-state index contributed by atoms with van der Waals surface area (Å²) in [5.74, 6) is -0.194. The minimum Gasteiger partial charge on any atom is -0.328 e. The molecule has 3 rings (SSSR count). The second kappa shape index (κ2) is 8.88. The second-order valence-corrected chi connectivity index (χ2v) is 7.00. The van der Waals surface area contributed by atoms with E-state index in [4.69, 9.17) is 5.73 Å². The number of pyridine rings is 1. The average Bonchev–Trinajstić information content (AvgIpc) is 2.66. The van der Waals surface area contributed by atoms with E-state index in [1.165, 1.54) is 23.1 Å². The monoisotopic (exact) mass is 351 g/mol. The van der Waals surface area contributed by atoms with Crippen LogP contribution in [0.3, 0.4) is 0 Å². The molecular weight excluding hydrogens is 325 g/mol. The fraction of sp³-hybridized carbons (Fsp3) is 0.318. The highest BCUT2D eigenvalue weighted by molar-refractivity contribution is 5.81. The first-order valence-electron chi connectivity index (χ1n) is 9.16. The summed E-state index contributed by atoms with van der Waals surface area (Å²) in [6.07, 6.45) is 6.41. The van der Waals surface area contributed by atoms with Crippen LogP contribution in [0.15, 0.2) is 60.9 Å². The van der Waals surface area contributed by atoms with Crippen molar-refractivity contribution in [3.05, 3.63) is 77.9 Å². The predicted molar refractivity (Wildman–Crippen MR) is 105 cm³/mol. The molecule has 3 aromatic rings. The molecule has 3 N–H and O–H groups in total. The van der Waals surface area contributed by atoms with E-state index in [2.05, 4.69) is 35.4 Å². The van der Waals surface area contributed by atoms with Crippen molar-refractivity contribution in [3.8, 4) is 0 Å². The number of nitrogens with zero attached hydrogens (tertiary/aromatic N) is 1. The zero-order valence-corrected chi connectivity index (χ0v) is 15.2.